The molecule has 0 bridgehead atoms. The first kappa shape index (κ1) is 51.8. The van der Waals surface area contributed by atoms with Gasteiger partial charge in [-0.15, -0.1) is 0 Å². The highest BCUT2D eigenvalue weighted by Gasteiger charge is 2.48. The van der Waals surface area contributed by atoms with Crippen molar-refractivity contribution in [1.82, 2.24) is 5.32 Å². The molecule has 1 aliphatic rings. The second-order valence-electron chi connectivity index (χ2n) is 15.4. The van der Waals surface area contributed by atoms with Crippen molar-refractivity contribution in [3.8, 4) is 0 Å². The smallest absolute Gasteiger partial charge is 0.394 e. The molecule has 0 spiro atoms. The molecule has 7 N–H and O–H groups in total. The van der Waals surface area contributed by atoms with E-state index < -0.39 is 78.5 Å². The minimum atomic E-state index is -5.10. The lowest BCUT2D eigenvalue weighted by molar-refractivity contribution is -0.298. The maximum atomic E-state index is 13.0. The van der Waals surface area contributed by atoms with Crippen LogP contribution in [0.3, 0.4) is 0 Å². The maximum absolute atomic E-state index is 13.0. The van der Waals surface area contributed by atoms with Crippen molar-refractivity contribution in [2.24, 2.45) is 0 Å². The number of amides is 1. The summed E-state index contributed by atoms with van der Waals surface area (Å²) in [6.07, 6.45) is 21.4. The molecular formula is C41H79NO12S. The van der Waals surface area contributed by atoms with Crippen LogP contribution in [0, 0.1) is 0 Å². The second kappa shape index (κ2) is 32.7. The number of hydrogen-bond donors (Lipinski definition) is 7. The van der Waals surface area contributed by atoms with Gasteiger partial charge in [0.15, 0.2) is 6.29 Å². The van der Waals surface area contributed by atoms with Gasteiger partial charge in [-0.1, -0.05) is 154 Å². The molecule has 1 heterocycles. The third-order valence-corrected chi connectivity index (χ3v) is 10.9. The number of nitrogens with one attached hydrogen (secondary N) is 1. The van der Waals surface area contributed by atoms with E-state index in [9.17, 15) is 38.7 Å². The van der Waals surface area contributed by atoms with Crippen LogP contribution in [-0.4, -0.2) is 107 Å². The number of unbranched alkanes of at least 4 members (excludes halogenated alkanes) is 21. The molecule has 14 heteroatoms. The monoisotopic (exact) mass is 810 g/mol. The number of ether oxygens (including phenoxy) is 2. The molecule has 1 aliphatic heterocycles. The van der Waals surface area contributed by atoms with Gasteiger partial charge < -0.3 is 40.3 Å². The molecule has 0 aliphatic carbocycles. The topological polar surface area (TPSA) is 212 Å². The van der Waals surface area contributed by atoms with E-state index in [2.05, 4.69) is 35.5 Å². The van der Waals surface area contributed by atoms with Crippen LogP contribution < -0.4 is 5.32 Å². The lowest BCUT2D eigenvalue weighted by atomic mass is 9.99. The Balaban J connectivity index is 2.52. The average molecular weight is 810 g/mol. The number of carbonyl (C=O) groups is 1. The summed E-state index contributed by atoms with van der Waals surface area (Å²) in [7, 11) is -5.10. The number of hydrogen-bond acceptors (Lipinski definition) is 11. The van der Waals surface area contributed by atoms with Gasteiger partial charge >= 0.3 is 10.4 Å². The number of carbonyl (C=O) groups excluding carboxylic acids is 1. The van der Waals surface area contributed by atoms with Gasteiger partial charge in [-0.2, -0.15) is 8.42 Å². The maximum Gasteiger partial charge on any atom is 0.397 e. The molecule has 1 amide bonds. The van der Waals surface area contributed by atoms with Gasteiger partial charge in [-0.3, -0.25) is 9.35 Å². The van der Waals surface area contributed by atoms with Crippen molar-refractivity contribution < 1.29 is 57.0 Å². The highest BCUT2D eigenvalue weighted by molar-refractivity contribution is 7.80. The summed E-state index contributed by atoms with van der Waals surface area (Å²) in [6, 6.07) is -1.03. The SMILES string of the molecule is CCCCCCCCCC/C=C\CCCCCCCCC(O)C(=O)NC(COC1OC(CO)C(O)C(OS(=O)(=O)O)C1O)C(O)CCCCCCCCCC. The Bertz CT molecular complexity index is 1060. The average Bonchev–Trinajstić information content (AvgIpc) is 3.15. The predicted octanol–water partition coefficient (Wildman–Crippen LogP) is 6.58. The zero-order valence-electron chi connectivity index (χ0n) is 34.1. The highest BCUT2D eigenvalue weighted by atomic mass is 32.3. The Hall–Kier alpha value is -1.20. The van der Waals surface area contributed by atoms with E-state index >= 15 is 0 Å². The second-order valence-corrected chi connectivity index (χ2v) is 16.5. The minimum absolute atomic E-state index is 0.254. The predicted molar refractivity (Wildman–Crippen MR) is 215 cm³/mol. The quantitative estimate of drug-likeness (QED) is 0.0203. The molecule has 0 aromatic rings. The van der Waals surface area contributed by atoms with E-state index in [1.165, 1.54) is 77.0 Å². The summed E-state index contributed by atoms with van der Waals surface area (Å²) >= 11 is 0. The van der Waals surface area contributed by atoms with Gasteiger partial charge in [0.1, 0.15) is 30.5 Å². The molecule has 8 unspecified atom stereocenters. The van der Waals surface area contributed by atoms with E-state index in [-0.39, 0.29) is 6.42 Å². The lowest BCUT2D eigenvalue weighted by Crippen LogP contribution is -2.61. The number of aliphatic hydroxyl groups is 5. The van der Waals surface area contributed by atoms with Crippen molar-refractivity contribution in [1.29, 1.82) is 0 Å². The standard InChI is InChI=1S/C41H79NO12S/c1-3-5-7-9-11-13-14-15-16-17-18-19-20-21-22-24-26-28-30-35(45)40(48)42-33(34(44)29-27-25-23-12-10-8-6-4-2)32-52-41-38(47)39(54-55(49,50)51)37(46)36(31-43)53-41/h17-18,33-39,41,43-47H,3-16,19-32H2,1-2H3,(H,42,48)(H,49,50,51)/b18-17-. The third kappa shape index (κ3) is 25.7. The molecule has 55 heavy (non-hydrogen) atoms. The summed E-state index contributed by atoms with van der Waals surface area (Å²) in [5, 5.41) is 55.0. The van der Waals surface area contributed by atoms with Crippen LogP contribution >= 0.6 is 0 Å². The fourth-order valence-electron chi connectivity index (χ4n) is 6.93. The van der Waals surface area contributed by atoms with Gasteiger partial charge in [-0.05, 0) is 38.5 Å². The zero-order valence-corrected chi connectivity index (χ0v) is 34.9. The molecule has 13 nitrogen and oxygen atoms in total. The van der Waals surface area contributed by atoms with Gasteiger partial charge in [-0.25, -0.2) is 4.18 Å². The van der Waals surface area contributed by atoms with E-state index in [0.717, 1.165) is 64.2 Å². The van der Waals surface area contributed by atoms with Crippen LogP contribution in [0.15, 0.2) is 12.2 Å². The summed E-state index contributed by atoms with van der Waals surface area (Å²) in [4.78, 5) is 13.0. The van der Waals surface area contributed by atoms with Gasteiger partial charge in [0, 0.05) is 0 Å². The van der Waals surface area contributed by atoms with E-state index in [4.69, 9.17) is 14.0 Å². The van der Waals surface area contributed by atoms with Crippen molar-refractivity contribution >= 4 is 16.3 Å². The van der Waals surface area contributed by atoms with Crippen LogP contribution in [0.2, 0.25) is 0 Å². The Morgan fingerprint density at radius 2 is 1.16 bits per heavy atom. The fourth-order valence-corrected chi connectivity index (χ4v) is 7.44. The Labute approximate surface area is 333 Å². The van der Waals surface area contributed by atoms with E-state index in [0.29, 0.717) is 19.3 Å². The molecule has 1 fully saturated rings. The normalized spacial score (nSPS) is 22.2. The first-order valence-corrected chi connectivity index (χ1v) is 23.0. The number of rotatable bonds is 36. The van der Waals surface area contributed by atoms with Crippen molar-refractivity contribution in [3.05, 3.63) is 12.2 Å². The third-order valence-electron chi connectivity index (χ3n) is 10.4. The number of allylic oxidation sites excluding steroid dienone is 2. The van der Waals surface area contributed by atoms with E-state index in [1.54, 1.807) is 0 Å². The molecule has 0 aromatic carbocycles. The highest BCUT2D eigenvalue weighted by Crippen LogP contribution is 2.26. The van der Waals surface area contributed by atoms with Crippen LogP contribution in [0.5, 0.6) is 0 Å². The first-order chi connectivity index (χ1) is 26.4. The molecule has 0 saturated carbocycles. The van der Waals surface area contributed by atoms with Crippen LogP contribution in [0.25, 0.3) is 0 Å². The Morgan fingerprint density at radius 1 is 0.709 bits per heavy atom. The summed E-state index contributed by atoms with van der Waals surface area (Å²) in [5.74, 6) is -0.677. The Kier molecular flexibility index (Phi) is 30.8. The summed E-state index contributed by atoms with van der Waals surface area (Å²) in [6.45, 7) is 3.21. The summed E-state index contributed by atoms with van der Waals surface area (Å²) in [5.41, 5.74) is 0. The Morgan fingerprint density at radius 3 is 1.64 bits per heavy atom. The van der Waals surface area contributed by atoms with Crippen LogP contribution in [0.4, 0.5) is 0 Å². The minimum Gasteiger partial charge on any atom is -0.394 e. The molecule has 0 aromatic heterocycles. The molecule has 8 atom stereocenters. The van der Waals surface area contributed by atoms with Crippen molar-refractivity contribution in [2.75, 3.05) is 13.2 Å². The first-order valence-electron chi connectivity index (χ1n) is 21.7. The number of aliphatic hydroxyl groups excluding tert-OH is 5. The fraction of sp³-hybridized carbons (Fsp3) is 0.927. The van der Waals surface area contributed by atoms with Gasteiger partial charge in [0.25, 0.3) is 0 Å². The van der Waals surface area contributed by atoms with Gasteiger partial charge in [0.2, 0.25) is 5.91 Å². The molecule has 1 saturated heterocycles. The lowest BCUT2D eigenvalue weighted by Gasteiger charge is -2.41. The van der Waals surface area contributed by atoms with Crippen molar-refractivity contribution in [3.63, 3.8) is 0 Å². The molecular weight excluding hydrogens is 731 g/mol. The molecule has 1 rings (SSSR count). The van der Waals surface area contributed by atoms with Crippen LogP contribution in [0.1, 0.15) is 181 Å². The van der Waals surface area contributed by atoms with E-state index in [1.807, 2.05) is 0 Å². The summed E-state index contributed by atoms with van der Waals surface area (Å²) < 4.78 is 47.3. The van der Waals surface area contributed by atoms with Crippen LogP contribution in [-0.2, 0) is 28.9 Å². The largest absolute Gasteiger partial charge is 0.397 e. The zero-order chi connectivity index (χ0) is 40.7. The van der Waals surface area contributed by atoms with Crippen molar-refractivity contribution in [2.45, 2.75) is 230 Å². The molecule has 326 valence electrons. The van der Waals surface area contributed by atoms with Gasteiger partial charge in [0.05, 0.1) is 25.4 Å². The molecule has 0 radical (unpaired) electrons.